The maximum atomic E-state index is 6.60. The van der Waals surface area contributed by atoms with E-state index in [0.29, 0.717) is 22.5 Å². The second-order valence-electron chi connectivity index (χ2n) is 5.80. The van der Waals surface area contributed by atoms with Gasteiger partial charge in [0, 0.05) is 16.3 Å². The van der Waals surface area contributed by atoms with E-state index in [0.717, 1.165) is 34.0 Å². The number of rotatable bonds is 4. The molecule has 2 aromatic carbocycles. The minimum atomic E-state index is 0.498. The molecule has 3 nitrogen and oxygen atoms in total. The topological polar surface area (TPSA) is 26.5 Å². The zero-order valence-corrected chi connectivity index (χ0v) is 15.2. The van der Waals surface area contributed by atoms with Gasteiger partial charge in [-0.2, -0.15) is 0 Å². The number of halogens is 2. The first-order valence-corrected chi connectivity index (χ1v) is 8.94. The highest BCUT2D eigenvalue weighted by Crippen LogP contribution is 2.42. The van der Waals surface area contributed by atoms with Gasteiger partial charge < -0.3 is 4.74 Å². The van der Waals surface area contributed by atoms with Crippen LogP contribution in [0.15, 0.2) is 54.6 Å². The predicted octanol–water partition coefficient (Wildman–Crippen LogP) is 6.25. The number of ether oxygens (including phenoxy) is 1. The van der Waals surface area contributed by atoms with Gasteiger partial charge in [-0.25, -0.2) is 4.52 Å². The summed E-state index contributed by atoms with van der Waals surface area (Å²) in [6.07, 6.45) is 0.910. The lowest BCUT2D eigenvalue weighted by molar-refractivity contribution is 0.305. The molecule has 0 aliphatic carbocycles. The van der Waals surface area contributed by atoms with Crippen molar-refractivity contribution in [1.82, 2.24) is 9.61 Å². The normalized spacial score (nSPS) is 11.3. The van der Waals surface area contributed by atoms with E-state index >= 15 is 0 Å². The molecule has 0 aliphatic heterocycles. The van der Waals surface area contributed by atoms with Gasteiger partial charge in [0.1, 0.15) is 0 Å². The van der Waals surface area contributed by atoms with Crippen molar-refractivity contribution in [3.63, 3.8) is 0 Å². The van der Waals surface area contributed by atoms with Crippen molar-refractivity contribution in [1.29, 1.82) is 0 Å². The third-order valence-electron chi connectivity index (χ3n) is 4.13. The van der Waals surface area contributed by atoms with Crippen molar-refractivity contribution in [2.24, 2.45) is 0 Å². The quantitative estimate of drug-likeness (QED) is 0.424. The Morgan fingerprint density at radius 3 is 2.32 bits per heavy atom. The van der Waals surface area contributed by atoms with E-state index in [-0.39, 0.29) is 0 Å². The molecule has 5 heteroatoms. The average molecular weight is 371 g/mol. The first kappa shape index (κ1) is 16.2. The van der Waals surface area contributed by atoms with Gasteiger partial charge >= 0.3 is 0 Å². The van der Waals surface area contributed by atoms with Gasteiger partial charge in [-0.05, 0) is 12.5 Å². The molecule has 0 unspecified atom stereocenters. The number of benzene rings is 2. The maximum absolute atomic E-state index is 6.60. The van der Waals surface area contributed by atoms with Gasteiger partial charge in [0.2, 0.25) is 5.88 Å². The van der Waals surface area contributed by atoms with Crippen LogP contribution in [-0.2, 0) is 0 Å². The molecule has 0 bridgehead atoms. The molecule has 0 saturated carbocycles. The Balaban J connectivity index is 2.11. The van der Waals surface area contributed by atoms with E-state index in [1.807, 2.05) is 54.6 Å². The van der Waals surface area contributed by atoms with Crippen molar-refractivity contribution in [3.8, 4) is 17.1 Å². The molecule has 2 heterocycles. The Hall–Kier alpha value is -2.23. The van der Waals surface area contributed by atoms with E-state index in [1.165, 1.54) is 0 Å². The molecule has 0 radical (unpaired) electrons. The van der Waals surface area contributed by atoms with Gasteiger partial charge in [0.25, 0.3) is 0 Å². The summed E-state index contributed by atoms with van der Waals surface area (Å²) in [5.41, 5.74) is 2.53. The van der Waals surface area contributed by atoms with E-state index in [1.54, 1.807) is 4.52 Å². The van der Waals surface area contributed by atoms with Crippen LogP contribution in [0.25, 0.3) is 27.5 Å². The van der Waals surface area contributed by atoms with Crippen LogP contribution in [0.5, 0.6) is 5.88 Å². The van der Waals surface area contributed by atoms with Crippen LogP contribution in [0.2, 0.25) is 10.0 Å². The molecular formula is C20H16Cl2N2O. The smallest absolute Gasteiger partial charge is 0.239 e. The average Bonchev–Trinajstić information content (AvgIpc) is 2.91. The Morgan fingerprint density at radius 1 is 0.920 bits per heavy atom. The predicted molar refractivity (Wildman–Crippen MR) is 104 cm³/mol. The highest BCUT2D eigenvalue weighted by Gasteiger charge is 2.21. The van der Waals surface area contributed by atoms with Crippen molar-refractivity contribution < 1.29 is 4.74 Å². The molecule has 25 heavy (non-hydrogen) atoms. The fourth-order valence-electron chi connectivity index (χ4n) is 3.01. The van der Waals surface area contributed by atoms with Gasteiger partial charge in [0.05, 0.1) is 27.9 Å². The van der Waals surface area contributed by atoms with Crippen LogP contribution in [0.3, 0.4) is 0 Å². The summed E-state index contributed by atoms with van der Waals surface area (Å²) in [5.74, 6) is 0.588. The van der Waals surface area contributed by atoms with Crippen LogP contribution in [0.1, 0.15) is 13.3 Å². The minimum absolute atomic E-state index is 0.498. The Kier molecular flexibility index (Phi) is 4.28. The zero-order valence-electron chi connectivity index (χ0n) is 13.7. The fraction of sp³-hybridized carbons (Fsp3) is 0.150. The van der Waals surface area contributed by atoms with Crippen LogP contribution in [0, 0.1) is 0 Å². The van der Waals surface area contributed by atoms with Crippen molar-refractivity contribution >= 4 is 39.5 Å². The lowest BCUT2D eigenvalue weighted by Crippen LogP contribution is -2.03. The monoisotopic (exact) mass is 370 g/mol. The second kappa shape index (κ2) is 6.58. The standard InChI is InChI=1S/C20H16Cl2N2O/c1-2-12-25-20-15-11-7-6-10-14(15)19-17(22)16(21)18(24(19)23-20)13-8-4-3-5-9-13/h3-11H,2,12H2,1H3. The number of aromatic nitrogens is 2. The Labute approximate surface area is 155 Å². The Bertz CT molecular complexity index is 1060. The van der Waals surface area contributed by atoms with Gasteiger partial charge in [-0.15, -0.1) is 5.10 Å². The molecular weight excluding hydrogens is 355 g/mol. The summed E-state index contributed by atoms with van der Waals surface area (Å²) >= 11 is 13.2. The molecule has 0 fully saturated rings. The summed E-state index contributed by atoms with van der Waals surface area (Å²) in [5, 5.41) is 7.63. The van der Waals surface area contributed by atoms with Crippen molar-refractivity contribution in [2.45, 2.75) is 13.3 Å². The molecule has 0 N–H and O–H groups in total. The van der Waals surface area contributed by atoms with Gasteiger partial charge in [-0.1, -0.05) is 78.7 Å². The SMILES string of the molecule is CCCOc1nn2c(-c3ccccc3)c(Cl)c(Cl)c2c2ccccc12. The number of hydrogen-bond acceptors (Lipinski definition) is 2. The molecule has 4 rings (SSSR count). The first-order chi connectivity index (χ1) is 12.2. The van der Waals surface area contributed by atoms with E-state index in [4.69, 9.17) is 33.0 Å². The van der Waals surface area contributed by atoms with Crippen molar-refractivity contribution in [3.05, 3.63) is 64.6 Å². The second-order valence-corrected chi connectivity index (χ2v) is 6.56. The van der Waals surface area contributed by atoms with Gasteiger partial charge in [-0.3, -0.25) is 0 Å². The van der Waals surface area contributed by atoms with Crippen LogP contribution >= 0.6 is 23.2 Å². The fourth-order valence-corrected chi connectivity index (χ4v) is 3.56. The van der Waals surface area contributed by atoms with E-state index in [9.17, 15) is 0 Å². The highest BCUT2D eigenvalue weighted by molar-refractivity contribution is 6.47. The molecule has 126 valence electrons. The molecule has 0 spiro atoms. The molecule has 0 amide bonds. The summed E-state index contributed by atoms with van der Waals surface area (Å²) in [7, 11) is 0. The summed E-state index contributed by atoms with van der Waals surface area (Å²) in [6.45, 7) is 2.67. The zero-order chi connectivity index (χ0) is 17.4. The van der Waals surface area contributed by atoms with Crippen LogP contribution in [0.4, 0.5) is 0 Å². The Morgan fingerprint density at radius 2 is 1.60 bits per heavy atom. The molecule has 0 aliphatic rings. The number of nitrogens with zero attached hydrogens (tertiary/aromatic N) is 2. The van der Waals surface area contributed by atoms with E-state index in [2.05, 4.69) is 6.92 Å². The van der Waals surface area contributed by atoms with Crippen LogP contribution in [-0.4, -0.2) is 16.2 Å². The third-order valence-corrected chi connectivity index (χ3v) is 4.96. The number of fused-ring (bicyclic) bond motifs is 3. The lowest BCUT2D eigenvalue weighted by Gasteiger charge is -2.11. The van der Waals surface area contributed by atoms with Gasteiger partial charge in [0.15, 0.2) is 0 Å². The lowest BCUT2D eigenvalue weighted by atomic mass is 10.1. The summed E-state index contributed by atoms with van der Waals surface area (Å²) in [6, 6.07) is 17.8. The van der Waals surface area contributed by atoms with Crippen molar-refractivity contribution in [2.75, 3.05) is 6.61 Å². The maximum Gasteiger partial charge on any atom is 0.239 e. The summed E-state index contributed by atoms with van der Waals surface area (Å²) < 4.78 is 7.70. The third kappa shape index (κ3) is 2.64. The summed E-state index contributed by atoms with van der Waals surface area (Å²) in [4.78, 5) is 0. The molecule has 2 aromatic heterocycles. The molecule has 0 atom stereocenters. The number of hydrogen-bond donors (Lipinski definition) is 0. The molecule has 0 saturated heterocycles. The largest absolute Gasteiger partial charge is 0.476 e. The van der Waals surface area contributed by atoms with Crippen LogP contribution < -0.4 is 4.74 Å². The first-order valence-electron chi connectivity index (χ1n) is 8.19. The molecule has 4 aromatic rings. The highest BCUT2D eigenvalue weighted by atomic mass is 35.5. The minimum Gasteiger partial charge on any atom is -0.476 e. The van der Waals surface area contributed by atoms with E-state index < -0.39 is 0 Å².